The lowest BCUT2D eigenvalue weighted by molar-refractivity contribution is -0.382. The van der Waals surface area contributed by atoms with Gasteiger partial charge in [0.05, 0.1) is 4.90 Å². The summed E-state index contributed by atoms with van der Waals surface area (Å²) in [7, 11) is -6.58. The molecule has 0 saturated carbocycles. The Kier molecular flexibility index (Phi) is 4.69. The number of benzene rings is 1. The Hall–Kier alpha value is -1.17. The van der Waals surface area contributed by atoms with Gasteiger partial charge in [-0.15, -0.1) is 0 Å². The molecule has 0 aliphatic heterocycles. The van der Waals surface area contributed by atoms with E-state index in [1.165, 1.54) is 0 Å². The maximum Gasteiger partial charge on any atom is 0.460 e. The van der Waals surface area contributed by atoms with Gasteiger partial charge in [0.1, 0.15) is 0 Å². The maximum absolute atomic E-state index is 13.4. The molecule has 23 heavy (non-hydrogen) atoms. The number of hydrogen-bond acceptors (Lipinski definition) is 2. The van der Waals surface area contributed by atoms with Gasteiger partial charge in [-0.2, -0.15) is 39.5 Å². The van der Waals surface area contributed by atoms with Crippen LogP contribution in [-0.2, 0) is 9.84 Å². The molecule has 0 atom stereocenters. The van der Waals surface area contributed by atoms with Gasteiger partial charge in [-0.1, -0.05) is 11.6 Å². The molecule has 0 bridgehead atoms. The second-order valence-corrected chi connectivity index (χ2v) is 6.55. The minimum absolute atomic E-state index is 0.223. The molecule has 0 fully saturated rings. The highest BCUT2D eigenvalue weighted by atomic mass is 35.5. The molecular formula is C10H4ClF9O2S. The zero-order valence-corrected chi connectivity index (χ0v) is 11.9. The van der Waals surface area contributed by atoms with Crippen molar-refractivity contribution in [2.45, 2.75) is 28.2 Å². The van der Waals surface area contributed by atoms with Crippen molar-refractivity contribution in [1.82, 2.24) is 0 Å². The first-order valence-corrected chi connectivity index (χ1v) is 7.06. The van der Waals surface area contributed by atoms with Gasteiger partial charge in [-0.05, 0) is 24.3 Å². The maximum atomic E-state index is 13.4. The third-order valence-electron chi connectivity index (χ3n) is 2.58. The van der Waals surface area contributed by atoms with Crippen molar-refractivity contribution in [3.05, 3.63) is 29.3 Å². The van der Waals surface area contributed by atoms with E-state index in [0.717, 1.165) is 0 Å². The summed E-state index contributed by atoms with van der Waals surface area (Å²) in [5, 5.41) is -6.97. The second-order valence-electron chi connectivity index (χ2n) is 4.12. The standard InChI is InChI=1S/C10H4ClF9O2S/c11-5-1-3-6(4-2-5)23(21,22)10(19,20)8(14,15)7(12,13)9(16,17)18/h1-4H. The van der Waals surface area contributed by atoms with Crippen LogP contribution in [0.5, 0.6) is 0 Å². The van der Waals surface area contributed by atoms with Crippen LogP contribution in [0.15, 0.2) is 29.2 Å². The van der Waals surface area contributed by atoms with Crippen LogP contribution in [0.2, 0.25) is 5.02 Å². The predicted molar refractivity (Wildman–Crippen MR) is 59.5 cm³/mol. The van der Waals surface area contributed by atoms with E-state index in [1.807, 2.05) is 0 Å². The predicted octanol–water partition coefficient (Wildman–Crippen LogP) is 4.54. The summed E-state index contributed by atoms with van der Waals surface area (Å²) >= 11 is 5.30. The van der Waals surface area contributed by atoms with E-state index >= 15 is 0 Å². The van der Waals surface area contributed by atoms with Crippen LogP contribution in [0, 0.1) is 0 Å². The molecule has 2 nitrogen and oxygen atoms in total. The Morgan fingerprint density at radius 3 is 1.48 bits per heavy atom. The van der Waals surface area contributed by atoms with Crippen molar-refractivity contribution in [3.63, 3.8) is 0 Å². The van der Waals surface area contributed by atoms with E-state index < -0.39 is 38.0 Å². The first-order chi connectivity index (χ1) is 10.00. The molecule has 0 aromatic heterocycles. The summed E-state index contributed by atoms with van der Waals surface area (Å²) in [6, 6.07) is 1.80. The highest BCUT2D eigenvalue weighted by molar-refractivity contribution is 7.92. The van der Waals surface area contributed by atoms with Gasteiger partial charge in [0.25, 0.3) is 0 Å². The average molecular weight is 395 g/mol. The van der Waals surface area contributed by atoms with E-state index in [9.17, 15) is 47.9 Å². The van der Waals surface area contributed by atoms with Crippen molar-refractivity contribution in [1.29, 1.82) is 0 Å². The number of halogens is 10. The molecule has 1 aromatic carbocycles. The zero-order chi connectivity index (χ0) is 18.5. The van der Waals surface area contributed by atoms with Crippen LogP contribution < -0.4 is 0 Å². The number of rotatable bonds is 4. The number of hydrogen-bond donors (Lipinski definition) is 0. The lowest BCUT2D eigenvalue weighted by Crippen LogP contribution is -2.63. The normalized spacial score (nSPS) is 14.9. The summed E-state index contributed by atoms with van der Waals surface area (Å²) in [6.45, 7) is 0. The summed E-state index contributed by atoms with van der Waals surface area (Å²) in [5.74, 6) is -14.5. The molecule has 1 rings (SSSR count). The topological polar surface area (TPSA) is 34.1 Å². The van der Waals surface area contributed by atoms with Gasteiger partial charge < -0.3 is 0 Å². The van der Waals surface area contributed by atoms with Crippen LogP contribution in [-0.4, -0.2) is 31.7 Å². The second kappa shape index (κ2) is 5.43. The SMILES string of the molecule is O=S(=O)(c1ccc(Cl)cc1)C(F)(F)C(F)(F)C(F)(F)C(F)(F)F. The van der Waals surface area contributed by atoms with Gasteiger partial charge >= 0.3 is 23.3 Å². The summed E-state index contributed by atoms with van der Waals surface area (Å²) in [4.78, 5) is -1.61. The Labute approximate surface area is 127 Å². The molecule has 0 aliphatic rings. The van der Waals surface area contributed by atoms with E-state index in [2.05, 4.69) is 0 Å². The van der Waals surface area contributed by atoms with Gasteiger partial charge in [-0.3, -0.25) is 0 Å². The molecule has 13 heteroatoms. The first-order valence-electron chi connectivity index (χ1n) is 5.20. The highest BCUT2D eigenvalue weighted by Gasteiger charge is 2.85. The fourth-order valence-electron chi connectivity index (χ4n) is 1.29. The molecule has 0 unspecified atom stereocenters. The Morgan fingerprint density at radius 2 is 1.13 bits per heavy atom. The van der Waals surface area contributed by atoms with Crippen LogP contribution in [0.1, 0.15) is 0 Å². The highest BCUT2D eigenvalue weighted by Crippen LogP contribution is 2.55. The van der Waals surface area contributed by atoms with Crippen molar-refractivity contribution >= 4 is 21.4 Å². The Bertz CT molecular complexity index is 679. The molecule has 132 valence electrons. The molecule has 0 radical (unpaired) electrons. The molecule has 0 aliphatic carbocycles. The molecule has 0 spiro atoms. The van der Waals surface area contributed by atoms with Crippen LogP contribution in [0.4, 0.5) is 39.5 Å². The van der Waals surface area contributed by atoms with Crippen LogP contribution in [0.3, 0.4) is 0 Å². The first kappa shape index (κ1) is 19.9. The van der Waals surface area contributed by atoms with Gasteiger partial charge in [0.15, 0.2) is 0 Å². The van der Waals surface area contributed by atoms with Crippen LogP contribution in [0.25, 0.3) is 0 Å². The number of sulfone groups is 1. The molecule has 0 saturated heterocycles. The lowest BCUT2D eigenvalue weighted by atomic mass is 10.1. The van der Waals surface area contributed by atoms with Gasteiger partial charge in [0.2, 0.25) is 9.84 Å². The van der Waals surface area contributed by atoms with Crippen molar-refractivity contribution in [2.75, 3.05) is 0 Å². The van der Waals surface area contributed by atoms with E-state index in [4.69, 9.17) is 11.6 Å². The van der Waals surface area contributed by atoms with Gasteiger partial charge in [0, 0.05) is 5.02 Å². The van der Waals surface area contributed by atoms with Crippen molar-refractivity contribution in [2.24, 2.45) is 0 Å². The van der Waals surface area contributed by atoms with E-state index in [0.29, 0.717) is 12.1 Å². The monoisotopic (exact) mass is 394 g/mol. The van der Waals surface area contributed by atoms with E-state index in [-0.39, 0.29) is 17.2 Å². The lowest BCUT2D eigenvalue weighted by Gasteiger charge is -2.33. The minimum atomic E-state index is -7.29. The fourth-order valence-corrected chi connectivity index (χ4v) is 2.67. The van der Waals surface area contributed by atoms with Crippen molar-refractivity contribution < 1.29 is 47.9 Å². The third kappa shape index (κ3) is 2.86. The van der Waals surface area contributed by atoms with Crippen LogP contribution >= 0.6 is 11.6 Å². The van der Waals surface area contributed by atoms with Crippen molar-refractivity contribution in [3.8, 4) is 0 Å². The molecule has 0 amide bonds. The number of alkyl halides is 9. The Balaban J connectivity index is 3.53. The quantitative estimate of drug-likeness (QED) is 0.703. The molecule has 0 N–H and O–H groups in total. The smallest absolute Gasteiger partial charge is 0.217 e. The Morgan fingerprint density at radius 1 is 0.739 bits per heavy atom. The fraction of sp³-hybridized carbons (Fsp3) is 0.400. The molecular weight excluding hydrogens is 391 g/mol. The summed E-state index contributed by atoms with van der Waals surface area (Å²) in [6.07, 6.45) is -7.10. The minimum Gasteiger partial charge on any atom is -0.217 e. The zero-order valence-electron chi connectivity index (χ0n) is 10.3. The summed E-state index contributed by atoms with van der Waals surface area (Å²) in [5.41, 5.74) is 0. The summed E-state index contributed by atoms with van der Waals surface area (Å²) < 4.78 is 137. The van der Waals surface area contributed by atoms with Gasteiger partial charge in [-0.25, -0.2) is 8.42 Å². The third-order valence-corrected chi connectivity index (χ3v) is 4.65. The molecule has 1 aromatic rings. The largest absolute Gasteiger partial charge is 0.460 e. The molecule has 0 heterocycles. The van der Waals surface area contributed by atoms with E-state index in [1.54, 1.807) is 0 Å². The average Bonchev–Trinajstić information content (AvgIpc) is 2.37.